The van der Waals surface area contributed by atoms with Gasteiger partial charge >= 0.3 is 0 Å². The van der Waals surface area contributed by atoms with E-state index in [1.807, 2.05) is 19.1 Å². The molecule has 1 amide bonds. The highest BCUT2D eigenvalue weighted by Gasteiger charge is 2.39. The van der Waals surface area contributed by atoms with Crippen molar-refractivity contribution in [2.75, 3.05) is 19.6 Å². The summed E-state index contributed by atoms with van der Waals surface area (Å²) in [6.45, 7) is 4.14. The van der Waals surface area contributed by atoms with Crippen molar-refractivity contribution in [3.05, 3.63) is 41.8 Å². The van der Waals surface area contributed by atoms with E-state index < -0.39 is 6.10 Å². The third kappa shape index (κ3) is 7.13. The summed E-state index contributed by atoms with van der Waals surface area (Å²) in [5.74, 6) is 0.764. The van der Waals surface area contributed by atoms with Gasteiger partial charge in [-0.2, -0.15) is 0 Å². The summed E-state index contributed by atoms with van der Waals surface area (Å²) in [6, 6.07) is 5.48. The van der Waals surface area contributed by atoms with E-state index in [4.69, 9.17) is 11.6 Å². The zero-order valence-corrected chi connectivity index (χ0v) is 19.1. The molecular weight excluding hydrogens is 407 g/mol. The smallest absolute Gasteiger partial charge is 0.252 e. The summed E-state index contributed by atoms with van der Waals surface area (Å²) >= 11 is 6.30. The Morgan fingerprint density at radius 2 is 2.00 bits per heavy atom. The molecule has 2 aliphatic carbocycles. The summed E-state index contributed by atoms with van der Waals surface area (Å²) in [5.41, 5.74) is 1.75. The number of carbonyl (C=O) groups is 1. The van der Waals surface area contributed by atoms with Gasteiger partial charge in [0.2, 0.25) is 0 Å². The maximum Gasteiger partial charge on any atom is 0.252 e. The maximum absolute atomic E-state index is 12.8. The Morgan fingerprint density at radius 3 is 2.66 bits per heavy atom. The number of amides is 1. The van der Waals surface area contributed by atoms with Crippen molar-refractivity contribution in [3.8, 4) is 0 Å². The van der Waals surface area contributed by atoms with Crippen LogP contribution < -0.4 is 10.6 Å². The quantitative estimate of drug-likeness (QED) is 0.546. The summed E-state index contributed by atoms with van der Waals surface area (Å²) in [4.78, 5) is 12.8. The summed E-state index contributed by atoms with van der Waals surface area (Å²) in [6.07, 6.45) is 9.07. The Labute approximate surface area is 187 Å². The van der Waals surface area contributed by atoms with Crippen molar-refractivity contribution in [1.29, 1.82) is 0 Å². The van der Waals surface area contributed by atoms with Crippen molar-refractivity contribution < 1.29 is 9.90 Å². The Hall–Kier alpha value is -0.810. The predicted molar refractivity (Wildman–Crippen MR) is 123 cm³/mol. The molecule has 1 aromatic rings. The van der Waals surface area contributed by atoms with Crippen molar-refractivity contribution >= 4 is 29.9 Å². The number of hydrogen-bond acceptors (Lipinski definition) is 3. The lowest BCUT2D eigenvalue weighted by Gasteiger charge is -2.45. The highest BCUT2D eigenvalue weighted by atomic mass is 35.5. The first-order valence-electron chi connectivity index (χ1n) is 10.5. The summed E-state index contributed by atoms with van der Waals surface area (Å²) in [7, 11) is 0. The third-order valence-electron chi connectivity index (χ3n) is 6.36. The molecule has 2 saturated carbocycles. The molecule has 2 fully saturated rings. The molecule has 164 valence electrons. The molecule has 1 aromatic carbocycles. The van der Waals surface area contributed by atoms with Gasteiger partial charge in [-0.25, -0.2) is 0 Å². The second-order valence-corrected chi connectivity index (χ2v) is 8.92. The molecule has 4 nitrogen and oxygen atoms in total. The van der Waals surface area contributed by atoms with Crippen LogP contribution in [0.5, 0.6) is 0 Å². The number of nitrogens with one attached hydrogen (secondary N) is 2. The molecule has 2 bridgehead atoms. The number of rotatable bonds is 8. The van der Waals surface area contributed by atoms with Crippen LogP contribution in [0.15, 0.2) is 18.2 Å². The molecular formula is C23H36Cl2N2O2. The van der Waals surface area contributed by atoms with E-state index in [1.165, 1.54) is 44.9 Å². The van der Waals surface area contributed by atoms with Gasteiger partial charge < -0.3 is 15.7 Å². The number of aliphatic hydroxyl groups excluding tert-OH is 1. The lowest BCUT2D eigenvalue weighted by molar-refractivity contribution is 0.0681. The first-order chi connectivity index (χ1) is 13.0. The number of carbonyl (C=O) groups excluding carboxylic acids is 1. The Balaban J connectivity index is 0.00000210. The fraction of sp³-hybridized carbons (Fsp3) is 0.652. The van der Waals surface area contributed by atoms with Crippen LogP contribution in [-0.2, 0) is 6.42 Å². The average Bonchev–Trinajstić information content (AvgIpc) is 2.66. The lowest BCUT2D eigenvalue weighted by Crippen LogP contribution is -2.43. The molecule has 2 aliphatic rings. The highest BCUT2D eigenvalue weighted by molar-refractivity contribution is 6.33. The van der Waals surface area contributed by atoms with Crippen LogP contribution in [0.1, 0.15) is 67.8 Å². The molecule has 0 aliphatic heterocycles. The molecule has 2 radical (unpaired) electrons. The molecule has 1 atom stereocenters. The fourth-order valence-electron chi connectivity index (χ4n) is 4.96. The van der Waals surface area contributed by atoms with Crippen LogP contribution in [0.25, 0.3) is 0 Å². The van der Waals surface area contributed by atoms with E-state index in [9.17, 15) is 9.90 Å². The maximum atomic E-state index is 12.8. The van der Waals surface area contributed by atoms with Gasteiger partial charge in [0.25, 0.3) is 5.91 Å². The van der Waals surface area contributed by atoms with E-state index in [2.05, 4.69) is 10.6 Å². The average molecular weight is 443 g/mol. The summed E-state index contributed by atoms with van der Waals surface area (Å²) < 4.78 is 0. The van der Waals surface area contributed by atoms with Gasteiger partial charge in [0.1, 0.15) is 0 Å². The molecule has 0 unspecified atom stereocenters. The summed E-state index contributed by atoms with van der Waals surface area (Å²) in [5, 5.41) is 16.9. The first kappa shape index (κ1) is 26.2. The lowest BCUT2D eigenvalue weighted by atomic mass is 9.62. The molecule has 0 aromatic heterocycles. The molecule has 3 N–H and O–H groups in total. The Kier molecular flexibility index (Phi) is 11.0. The van der Waals surface area contributed by atoms with Gasteiger partial charge in [-0.05, 0) is 61.3 Å². The Morgan fingerprint density at radius 1 is 1.31 bits per heavy atom. The van der Waals surface area contributed by atoms with E-state index in [0.29, 0.717) is 29.0 Å². The minimum Gasteiger partial charge on any atom is -0.391 e. The number of fused-ring (bicyclic) bond motifs is 2. The normalized spacial score (nSPS) is 24.0. The fourth-order valence-corrected chi connectivity index (χ4v) is 5.17. The first-order valence-corrected chi connectivity index (χ1v) is 10.8. The standard InChI is InChI=1S/C22H33ClN2O2.CH2.ClH/c1-2-24-14-18(26)11-17-7-8-20(23)19(12-17)21(27)25-15-22-9-3-5-16(13-22)6-4-10-22;;/h7-8,12,16,18,24,26H,2-6,9-11,13-15H2,1H3,(H,25,27);1H2;1H/t16?,18-,22?;;/m0../s1. The van der Waals surface area contributed by atoms with Crippen LogP contribution in [0.2, 0.25) is 5.02 Å². The van der Waals surface area contributed by atoms with Crippen LogP contribution in [0.4, 0.5) is 0 Å². The number of halogens is 2. The topological polar surface area (TPSA) is 61.4 Å². The molecule has 0 spiro atoms. The van der Waals surface area contributed by atoms with E-state index in [0.717, 1.165) is 24.6 Å². The van der Waals surface area contributed by atoms with E-state index in [1.54, 1.807) is 6.07 Å². The number of likely N-dealkylation sites (N-methyl/N-ethyl adjacent to an activating group) is 1. The largest absolute Gasteiger partial charge is 0.391 e. The predicted octanol–water partition coefficient (Wildman–Crippen LogP) is 4.69. The van der Waals surface area contributed by atoms with E-state index >= 15 is 0 Å². The SMILES string of the molecule is CCNC[C@@H](O)Cc1ccc(Cl)c(C(=O)NCC23CCCC(CCC2)C3)c1.Cl.[CH2]. The minimum atomic E-state index is -0.470. The van der Waals surface area contributed by atoms with Crippen LogP contribution in [0.3, 0.4) is 0 Å². The third-order valence-corrected chi connectivity index (χ3v) is 6.69. The van der Waals surface area contributed by atoms with Crippen molar-refractivity contribution in [3.63, 3.8) is 0 Å². The second kappa shape index (κ2) is 12.1. The molecule has 0 saturated heterocycles. The number of aliphatic hydroxyl groups is 1. The Bertz CT molecular complexity index is 644. The minimum absolute atomic E-state index is 0. The van der Waals surface area contributed by atoms with Gasteiger partial charge in [-0.1, -0.05) is 57.7 Å². The number of hydrogen-bond donors (Lipinski definition) is 3. The second-order valence-electron chi connectivity index (χ2n) is 8.52. The van der Waals surface area contributed by atoms with Crippen LogP contribution in [-0.4, -0.2) is 36.8 Å². The van der Waals surface area contributed by atoms with Crippen molar-refractivity contribution in [2.45, 2.75) is 64.4 Å². The molecule has 6 heteroatoms. The van der Waals surface area contributed by atoms with Gasteiger partial charge in [0.05, 0.1) is 16.7 Å². The van der Waals surface area contributed by atoms with Gasteiger partial charge in [-0.15, -0.1) is 12.4 Å². The van der Waals surface area contributed by atoms with Crippen LogP contribution in [0, 0.1) is 18.8 Å². The zero-order chi connectivity index (χ0) is 19.3. The van der Waals surface area contributed by atoms with E-state index in [-0.39, 0.29) is 25.7 Å². The number of benzene rings is 1. The van der Waals surface area contributed by atoms with Gasteiger partial charge in [-0.3, -0.25) is 4.79 Å². The van der Waals surface area contributed by atoms with Crippen molar-refractivity contribution in [1.82, 2.24) is 10.6 Å². The van der Waals surface area contributed by atoms with Crippen LogP contribution >= 0.6 is 24.0 Å². The van der Waals surface area contributed by atoms with Gasteiger partial charge in [0, 0.05) is 13.1 Å². The molecule has 29 heavy (non-hydrogen) atoms. The monoisotopic (exact) mass is 442 g/mol. The van der Waals surface area contributed by atoms with Crippen molar-refractivity contribution in [2.24, 2.45) is 11.3 Å². The zero-order valence-electron chi connectivity index (χ0n) is 17.5. The highest BCUT2D eigenvalue weighted by Crippen LogP contribution is 2.48. The molecule has 0 heterocycles. The molecule has 3 rings (SSSR count). The van der Waals surface area contributed by atoms with Gasteiger partial charge in [0.15, 0.2) is 0 Å².